The Labute approximate surface area is 136 Å². The molecule has 22 heavy (non-hydrogen) atoms. The third-order valence-corrected chi connectivity index (χ3v) is 5.10. The third-order valence-electron chi connectivity index (χ3n) is 4.57. The first-order valence-electron chi connectivity index (χ1n) is 7.30. The Morgan fingerprint density at radius 3 is 2.27 bits per heavy atom. The van der Waals surface area contributed by atoms with E-state index in [0.717, 1.165) is 11.0 Å². The molecule has 3 atom stereocenters. The van der Waals surface area contributed by atoms with Crippen LogP contribution < -0.4 is 0 Å². The van der Waals surface area contributed by atoms with Gasteiger partial charge in [-0.2, -0.15) is 13.2 Å². The lowest BCUT2D eigenvalue weighted by molar-refractivity contribution is -0.170. The Kier molecular flexibility index (Phi) is 4.36. The summed E-state index contributed by atoms with van der Waals surface area (Å²) in [6, 6.07) is 8.41. The predicted octanol–water partition coefficient (Wildman–Crippen LogP) is 3.65. The van der Waals surface area contributed by atoms with Gasteiger partial charge < -0.3 is 0 Å². The van der Waals surface area contributed by atoms with Crippen molar-refractivity contribution in [3.8, 4) is 0 Å². The molecule has 1 unspecified atom stereocenters. The summed E-state index contributed by atoms with van der Waals surface area (Å²) in [5.74, 6) is 0.317. The first-order valence-corrected chi connectivity index (χ1v) is 8.09. The van der Waals surface area contributed by atoms with Crippen LogP contribution in [0.4, 0.5) is 13.2 Å². The molecule has 2 aliphatic heterocycles. The number of likely N-dealkylation sites (tertiary alicyclic amines) is 1. The van der Waals surface area contributed by atoms with Crippen molar-refractivity contribution in [1.82, 2.24) is 9.80 Å². The summed E-state index contributed by atoms with van der Waals surface area (Å²) in [4.78, 5) is 3.80. The second-order valence-corrected chi connectivity index (χ2v) is 6.92. The van der Waals surface area contributed by atoms with Crippen molar-refractivity contribution >= 4 is 15.9 Å². The van der Waals surface area contributed by atoms with Crippen LogP contribution in [0, 0.1) is 0 Å². The van der Waals surface area contributed by atoms with Crippen molar-refractivity contribution in [3.05, 3.63) is 47.0 Å². The molecule has 0 aromatic heterocycles. The van der Waals surface area contributed by atoms with E-state index in [2.05, 4.69) is 39.5 Å². The van der Waals surface area contributed by atoms with Gasteiger partial charge in [0.1, 0.15) is 0 Å². The van der Waals surface area contributed by atoms with Crippen molar-refractivity contribution in [2.24, 2.45) is 0 Å². The average molecular weight is 375 g/mol. The van der Waals surface area contributed by atoms with Crippen molar-refractivity contribution < 1.29 is 13.2 Å². The average Bonchev–Trinajstić information content (AvgIpc) is 2.44. The van der Waals surface area contributed by atoms with Crippen LogP contribution in [-0.4, -0.2) is 54.2 Å². The molecule has 2 saturated heterocycles. The number of fused-ring (bicyclic) bond motifs is 2. The Balaban J connectivity index is 1.75. The van der Waals surface area contributed by atoms with Crippen molar-refractivity contribution in [2.75, 3.05) is 26.2 Å². The van der Waals surface area contributed by atoms with Crippen LogP contribution in [0.1, 0.15) is 11.5 Å². The van der Waals surface area contributed by atoms with E-state index in [1.165, 1.54) is 10.5 Å². The molecule has 2 bridgehead atoms. The normalized spacial score (nSPS) is 29.2. The molecule has 6 heteroatoms. The minimum atomic E-state index is -4.12. The SMILES string of the molecule is C=CCN1[C@@H]2CN(CC(F)(F)F)C[C@H]1C2c1ccc(Br)cc1. The summed E-state index contributed by atoms with van der Waals surface area (Å²) in [5.41, 5.74) is 1.21. The Hall–Kier alpha value is -0.850. The van der Waals surface area contributed by atoms with E-state index in [4.69, 9.17) is 0 Å². The standard InChI is InChI=1S/C16H18BrF3N2/c1-2-7-22-13-8-21(10-16(18,19)20)9-14(22)15(13)11-3-5-12(17)6-4-11/h2-6,13-15H,1,7-10H2/t13-,14+,15?. The molecule has 1 aromatic carbocycles. The van der Waals surface area contributed by atoms with E-state index in [9.17, 15) is 13.2 Å². The molecule has 120 valence electrons. The molecule has 0 N–H and O–H groups in total. The largest absolute Gasteiger partial charge is 0.401 e. The maximum absolute atomic E-state index is 12.6. The summed E-state index contributed by atoms with van der Waals surface area (Å²) in [6.45, 7) is 4.61. The maximum atomic E-state index is 12.6. The van der Waals surface area contributed by atoms with Crippen LogP contribution >= 0.6 is 15.9 Å². The number of hydrogen-bond acceptors (Lipinski definition) is 2. The monoisotopic (exact) mass is 374 g/mol. The molecule has 3 rings (SSSR count). The molecule has 1 aromatic rings. The van der Waals surface area contributed by atoms with Gasteiger partial charge in [0, 0.05) is 42.1 Å². The highest BCUT2D eigenvalue weighted by molar-refractivity contribution is 9.10. The maximum Gasteiger partial charge on any atom is 0.401 e. The van der Waals surface area contributed by atoms with Gasteiger partial charge in [0.25, 0.3) is 0 Å². The molecule has 0 radical (unpaired) electrons. The van der Waals surface area contributed by atoms with E-state index in [1.807, 2.05) is 18.2 Å². The zero-order chi connectivity index (χ0) is 15.9. The van der Waals surface area contributed by atoms with Crippen LogP contribution in [0.15, 0.2) is 41.4 Å². The van der Waals surface area contributed by atoms with E-state index >= 15 is 0 Å². The molecule has 2 heterocycles. The van der Waals surface area contributed by atoms with Crippen molar-refractivity contribution in [1.29, 1.82) is 0 Å². The molecule has 0 saturated carbocycles. The van der Waals surface area contributed by atoms with Crippen molar-refractivity contribution in [3.63, 3.8) is 0 Å². The summed E-state index contributed by atoms with van der Waals surface area (Å²) >= 11 is 3.42. The van der Waals surface area contributed by atoms with Gasteiger partial charge in [-0.25, -0.2) is 0 Å². The van der Waals surface area contributed by atoms with Gasteiger partial charge in [0.05, 0.1) is 6.54 Å². The lowest BCUT2D eigenvalue weighted by atomic mass is 9.71. The molecule has 0 amide bonds. The van der Waals surface area contributed by atoms with Crippen LogP contribution in [0.2, 0.25) is 0 Å². The van der Waals surface area contributed by atoms with Gasteiger partial charge in [-0.05, 0) is 17.7 Å². The first-order chi connectivity index (χ1) is 10.4. The lowest BCUT2D eigenvalue weighted by Crippen LogP contribution is -2.73. The van der Waals surface area contributed by atoms with E-state index in [0.29, 0.717) is 19.0 Å². The minimum Gasteiger partial charge on any atom is -0.292 e. The Bertz CT molecular complexity index is 529. The predicted molar refractivity (Wildman–Crippen MR) is 83.9 cm³/mol. The fourth-order valence-corrected chi connectivity index (χ4v) is 4.05. The first kappa shape index (κ1) is 16.0. The number of halogens is 4. The summed E-state index contributed by atoms with van der Waals surface area (Å²) in [6.07, 6.45) is -2.29. The fourth-order valence-electron chi connectivity index (χ4n) is 3.79. The van der Waals surface area contributed by atoms with E-state index in [-0.39, 0.29) is 12.1 Å². The summed E-state index contributed by atoms with van der Waals surface area (Å²) in [7, 11) is 0. The third kappa shape index (κ3) is 3.09. The van der Waals surface area contributed by atoms with Crippen LogP contribution in [0.25, 0.3) is 0 Å². The number of piperidine rings is 1. The summed E-state index contributed by atoms with van der Waals surface area (Å²) < 4.78 is 38.9. The molecule has 2 aliphatic rings. The van der Waals surface area contributed by atoms with Gasteiger partial charge in [-0.1, -0.05) is 34.1 Å². The summed E-state index contributed by atoms with van der Waals surface area (Å²) in [5, 5.41) is 0. The smallest absolute Gasteiger partial charge is 0.292 e. The van der Waals surface area contributed by atoms with Crippen LogP contribution in [-0.2, 0) is 0 Å². The van der Waals surface area contributed by atoms with Crippen LogP contribution in [0.3, 0.4) is 0 Å². The molecular formula is C16H18BrF3N2. The topological polar surface area (TPSA) is 6.48 Å². The van der Waals surface area contributed by atoms with Gasteiger partial charge in [0.2, 0.25) is 0 Å². The number of rotatable bonds is 4. The van der Waals surface area contributed by atoms with Gasteiger partial charge in [-0.15, -0.1) is 6.58 Å². The Morgan fingerprint density at radius 1 is 1.18 bits per heavy atom. The van der Waals surface area contributed by atoms with Crippen molar-refractivity contribution in [2.45, 2.75) is 24.2 Å². The second kappa shape index (κ2) is 5.98. The molecule has 2 fully saturated rings. The quantitative estimate of drug-likeness (QED) is 0.742. The highest BCUT2D eigenvalue weighted by atomic mass is 79.9. The zero-order valence-electron chi connectivity index (χ0n) is 12.1. The number of alkyl halides is 3. The van der Waals surface area contributed by atoms with Crippen LogP contribution in [0.5, 0.6) is 0 Å². The second-order valence-electron chi connectivity index (χ2n) is 6.01. The zero-order valence-corrected chi connectivity index (χ0v) is 13.6. The molecular weight excluding hydrogens is 357 g/mol. The van der Waals surface area contributed by atoms with Gasteiger partial charge in [0.15, 0.2) is 0 Å². The lowest BCUT2D eigenvalue weighted by Gasteiger charge is -2.62. The number of benzene rings is 1. The fraction of sp³-hybridized carbons (Fsp3) is 0.500. The Morgan fingerprint density at radius 2 is 1.77 bits per heavy atom. The van der Waals surface area contributed by atoms with Gasteiger partial charge in [-0.3, -0.25) is 9.80 Å². The van der Waals surface area contributed by atoms with E-state index in [1.54, 1.807) is 0 Å². The number of piperazine rings is 1. The minimum absolute atomic E-state index is 0.139. The number of hydrogen-bond donors (Lipinski definition) is 0. The molecule has 2 nitrogen and oxygen atoms in total. The number of nitrogens with zero attached hydrogens (tertiary/aromatic N) is 2. The van der Waals surface area contributed by atoms with Gasteiger partial charge >= 0.3 is 6.18 Å². The molecule has 0 aliphatic carbocycles. The highest BCUT2D eigenvalue weighted by Gasteiger charge is 2.53. The highest BCUT2D eigenvalue weighted by Crippen LogP contribution is 2.45. The molecule has 0 spiro atoms. The van der Waals surface area contributed by atoms with E-state index < -0.39 is 12.7 Å².